The Kier molecular flexibility index (Phi) is 3.16. The van der Waals surface area contributed by atoms with Crippen LogP contribution in [0.5, 0.6) is 0 Å². The highest BCUT2D eigenvalue weighted by Crippen LogP contribution is 2.38. The molecule has 0 N–H and O–H groups in total. The molecule has 6 rings (SSSR count). The molecule has 0 aliphatic carbocycles. The van der Waals surface area contributed by atoms with Gasteiger partial charge in [0.2, 0.25) is 0 Å². The minimum Gasteiger partial charge on any atom is -0.460 e. The molecule has 28 heavy (non-hydrogen) atoms. The molecule has 0 aliphatic heterocycles. The molecule has 0 saturated carbocycles. The first kappa shape index (κ1) is 15.8. The van der Waals surface area contributed by atoms with Crippen molar-refractivity contribution < 1.29 is 8.83 Å². The third-order valence-electron chi connectivity index (χ3n) is 5.95. The third-order valence-corrected chi connectivity index (χ3v) is 5.95. The van der Waals surface area contributed by atoms with Gasteiger partial charge in [-0.25, -0.2) is 0 Å². The summed E-state index contributed by atoms with van der Waals surface area (Å²) >= 11 is 0. The maximum absolute atomic E-state index is 6.12. The van der Waals surface area contributed by atoms with E-state index >= 15 is 0 Å². The SMILES string of the molecule is CCc1cc2ccc3c4ccc5c(ccc6cc(CC)oc65)c4ccc3c2o1. The number of hydrogen-bond acceptors (Lipinski definition) is 2. The summed E-state index contributed by atoms with van der Waals surface area (Å²) in [7, 11) is 0. The van der Waals surface area contributed by atoms with Crippen molar-refractivity contribution in [3.63, 3.8) is 0 Å². The van der Waals surface area contributed by atoms with Crippen LogP contribution in [0.15, 0.2) is 69.5 Å². The Labute approximate surface area is 162 Å². The number of aryl methyl sites for hydroxylation is 2. The zero-order chi connectivity index (χ0) is 18.8. The molecule has 4 aromatic carbocycles. The molecule has 6 aromatic rings. The van der Waals surface area contributed by atoms with Crippen molar-refractivity contribution in [3.05, 3.63) is 72.2 Å². The first-order chi connectivity index (χ1) is 13.8. The lowest BCUT2D eigenvalue weighted by molar-refractivity contribution is 0.559. The Balaban J connectivity index is 1.73. The zero-order valence-corrected chi connectivity index (χ0v) is 16.0. The second-order valence-corrected chi connectivity index (χ2v) is 7.52. The topological polar surface area (TPSA) is 26.3 Å². The normalized spacial score (nSPS) is 12.2. The van der Waals surface area contributed by atoms with Gasteiger partial charge < -0.3 is 8.83 Å². The summed E-state index contributed by atoms with van der Waals surface area (Å²) in [6.45, 7) is 4.25. The third kappa shape index (κ3) is 2.03. The van der Waals surface area contributed by atoms with Crippen LogP contribution in [0.4, 0.5) is 0 Å². The molecular weight excluding hydrogens is 344 g/mol. The van der Waals surface area contributed by atoms with E-state index in [9.17, 15) is 0 Å². The summed E-state index contributed by atoms with van der Waals surface area (Å²) in [6.07, 6.45) is 1.82. The number of fused-ring (bicyclic) bond motifs is 9. The molecule has 2 heterocycles. The molecule has 2 nitrogen and oxygen atoms in total. The summed E-state index contributed by atoms with van der Waals surface area (Å²) in [4.78, 5) is 0. The van der Waals surface area contributed by atoms with Crippen LogP contribution in [0.1, 0.15) is 25.4 Å². The van der Waals surface area contributed by atoms with Gasteiger partial charge in [0.25, 0.3) is 0 Å². The van der Waals surface area contributed by atoms with Crippen LogP contribution in [0.2, 0.25) is 0 Å². The summed E-state index contributed by atoms with van der Waals surface area (Å²) in [5.41, 5.74) is 1.98. The summed E-state index contributed by atoms with van der Waals surface area (Å²) in [5.74, 6) is 2.07. The second-order valence-electron chi connectivity index (χ2n) is 7.52. The quantitative estimate of drug-likeness (QED) is 0.293. The first-order valence-electron chi connectivity index (χ1n) is 9.99. The van der Waals surface area contributed by atoms with Gasteiger partial charge in [-0.3, -0.25) is 0 Å². The van der Waals surface area contributed by atoms with Crippen LogP contribution in [-0.4, -0.2) is 0 Å². The van der Waals surface area contributed by atoms with E-state index in [1.807, 2.05) is 0 Å². The highest BCUT2D eigenvalue weighted by atomic mass is 16.3. The molecule has 0 aliphatic rings. The average molecular weight is 364 g/mol. The first-order valence-corrected chi connectivity index (χ1v) is 9.99. The van der Waals surface area contributed by atoms with Crippen LogP contribution in [0.3, 0.4) is 0 Å². The molecule has 0 unspecified atom stereocenters. The van der Waals surface area contributed by atoms with E-state index in [1.54, 1.807) is 0 Å². The molecule has 0 bridgehead atoms. The maximum Gasteiger partial charge on any atom is 0.142 e. The second kappa shape index (κ2) is 5.62. The molecule has 2 heteroatoms. The van der Waals surface area contributed by atoms with Gasteiger partial charge in [0.15, 0.2) is 0 Å². The largest absolute Gasteiger partial charge is 0.460 e. The average Bonchev–Trinajstić information content (AvgIpc) is 3.36. The van der Waals surface area contributed by atoms with Crippen LogP contribution in [0.25, 0.3) is 54.3 Å². The minimum absolute atomic E-state index is 0.910. The van der Waals surface area contributed by atoms with E-state index in [4.69, 9.17) is 8.83 Å². The van der Waals surface area contributed by atoms with Gasteiger partial charge in [0.05, 0.1) is 0 Å². The summed E-state index contributed by atoms with van der Waals surface area (Å²) < 4.78 is 12.2. The fourth-order valence-corrected chi connectivity index (χ4v) is 4.49. The van der Waals surface area contributed by atoms with Crippen molar-refractivity contribution in [2.24, 2.45) is 0 Å². The van der Waals surface area contributed by atoms with E-state index < -0.39 is 0 Å². The molecule has 0 amide bonds. The van der Waals surface area contributed by atoms with Gasteiger partial charge in [-0.15, -0.1) is 0 Å². The molecule has 0 fully saturated rings. The van der Waals surface area contributed by atoms with Crippen molar-refractivity contribution in [1.29, 1.82) is 0 Å². The Morgan fingerprint density at radius 3 is 1.29 bits per heavy atom. The maximum atomic E-state index is 6.12. The van der Waals surface area contributed by atoms with Gasteiger partial charge in [-0.1, -0.05) is 50.2 Å². The van der Waals surface area contributed by atoms with E-state index in [-0.39, 0.29) is 0 Å². The van der Waals surface area contributed by atoms with Crippen molar-refractivity contribution in [2.45, 2.75) is 26.7 Å². The summed E-state index contributed by atoms with van der Waals surface area (Å²) in [6, 6.07) is 21.9. The van der Waals surface area contributed by atoms with Crippen molar-refractivity contribution >= 4 is 54.3 Å². The summed E-state index contributed by atoms with van der Waals surface area (Å²) in [5, 5.41) is 9.68. The molecule has 136 valence electrons. The van der Waals surface area contributed by atoms with Gasteiger partial charge in [0.1, 0.15) is 22.7 Å². The van der Waals surface area contributed by atoms with Crippen molar-refractivity contribution in [3.8, 4) is 0 Å². The van der Waals surface area contributed by atoms with Gasteiger partial charge in [0, 0.05) is 34.4 Å². The van der Waals surface area contributed by atoms with Crippen molar-refractivity contribution in [1.82, 2.24) is 0 Å². The van der Waals surface area contributed by atoms with E-state index in [0.717, 1.165) is 35.5 Å². The van der Waals surface area contributed by atoms with Crippen LogP contribution in [-0.2, 0) is 12.8 Å². The number of rotatable bonds is 2. The highest BCUT2D eigenvalue weighted by Gasteiger charge is 2.13. The van der Waals surface area contributed by atoms with Gasteiger partial charge in [-0.2, -0.15) is 0 Å². The predicted octanol–water partition coefficient (Wildman–Crippen LogP) is 7.76. The molecule has 2 aromatic heterocycles. The molecular formula is C26H20O2. The highest BCUT2D eigenvalue weighted by molar-refractivity contribution is 6.23. The molecule has 0 spiro atoms. The fraction of sp³-hybridized carbons (Fsp3) is 0.154. The van der Waals surface area contributed by atoms with E-state index in [0.29, 0.717) is 0 Å². The smallest absolute Gasteiger partial charge is 0.142 e. The number of hydrogen-bond donors (Lipinski definition) is 0. The van der Waals surface area contributed by atoms with Gasteiger partial charge >= 0.3 is 0 Å². The van der Waals surface area contributed by atoms with E-state index in [1.165, 1.54) is 43.1 Å². The molecule has 0 saturated heterocycles. The predicted molar refractivity (Wildman–Crippen MR) is 117 cm³/mol. The lowest BCUT2D eigenvalue weighted by atomic mass is 9.95. The van der Waals surface area contributed by atoms with Crippen LogP contribution < -0.4 is 0 Å². The lowest BCUT2D eigenvalue weighted by Crippen LogP contribution is -1.82. The number of furan rings is 2. The minimum atomic E-state index is 0.910. The molecule has 0 atom stereocenters. The Morgan fingerprint density at radius 2 is 0.857 bits per heavy atom. The Bertz CT molecular complexity index is 1410. The number of benzene rings is 4. The van der Waals surface area contributed by atoms with Gasteiger partial charge in [-0.05, 0) is 45.8 Å². The Morgan fingerprint density at radius 1 is 0.500 bits per heavy atom. The standard InChI is InChI=1S/C26H20O2/c1-3-17-13-15-5-7-21-19-10-12-24-22(20(19)9-11-23(21)25(15)27-17)8-6-16-14-18(4-2)28-26(16)24/h5-14H,3-4H2,1-2H3. The van der Waals surface area contributed by atoms with Crippen LogP contribution in [0, 0.1) is 0 Å². The van der Waals surface area contributed by atoms with Crippen molar-refractivity contribution in [2.75, 3.05) is 0 Å². The van der Waals surface area contributed by atoms with Crippen LogP contribution >= 0.6 is 0 Å². The molecule has 0 radical (unpaired) electrons. The Hall–Kier alpha value is -3.26. The lowest BCUT2D eigenvalue weighted by Gasteiger charge is -2.08. The fourth-order valence-electron chi connectivity index (χ4n) is 4.49. The zero-order valence-electron chi connectivity index (χ0n) is 16.0. The monoisotopic (exact) mass is 364 g/mol. The van der Waals surface area contributed by atoms with E-state index in [2.05, 4.69) is 74.5 Å².